The van der Waals surface area contributed by atoms with E-state index in [1.165, 1.54) is 6.33 Å². The summed E-state index contributed by atoms with van der Waals surface area (Å²) in [6.07, 6.45) is 4.09. The number of hydrogen-bond acceptors (Lipinski definition) is 4. The van der Waals surface area contributed by atoms with E-state index in [2.05, 4.69) is 20.4 Å². The van der Waals surface area contributed by atoms with Gasteiger partial charge in [0.25, 0.3) is 0 Å². The maximum absolute atomic E-state index is 5.82. The number of nitrogens with zero attached hydrogens (tertiary/aromatic N) is 4. The Morgan fingerprint density at radius 1 is 1.36 bits per heavy atom. The lowest BCUT2D eigenvalue weighted by atomic mass is 10.2. The highest BCUT2D eigenvalue weighted by molar-refractivity contribution is 5.77. The molecular weight excluding hydrogens is 280 g/mol. The molecule has 0 fully saturated rings. The third-order valence-corrected chi connectivity index (χ3v) is 3.03. The van der Waals surface area contributed by atoms with Crippen molar-refractivity contribution in [3.8, 4) is 5.69 Å². The zero-order valence-corrected chi connectivity index (χ0v) is 12.8. The Hall–Kier alpha value is -2.41. The molecule has 0 saturated carbocycles. The van der Waals surface area contributed by atoms with Crippen LogP contribution in [0.3, 0.4) is 0 Å². The molecule has 0 bridgehead atoms. The lowest BCUT2D eigenvalue weighted by molar-refractivity contribution is 0.145. The molecule has 7 nitrogen and oxygen atoms in total. The van der Waals surface area contributed by atoms with Crippen LogP contribution in [0.4, 0.5) is 0 Å². The SMILES string of the molecule is CCOCCCNC(N)=NCc1ccc(-n2cncn2)cc1. The van der Waals surface area contributed by atoms with Gasteiger partial charge in [0.2, 0.25) is 0 Å². The van der Waals surface area contributed by atoms with Gasteiger partial charge in [-0.25, -0.2) is 14.7 Å². The fourth-order valence-corrected chi connectivity index (χ4v) is 1.86. The minimum absolute atomic E-state index is 0.455. The predicted octanol–water partition coefficient (Wildman–Crippen LogP) is 1.10. The highest BCUT2D eigenvalue weighted by Gasteiger charge is 1.98. The topological polar surface area (TPSA) is 90.3 Å². The van der Waals surface area contributed by atoms with E-state index in [-0.39, 0.29) is 0 Å². The highest BCUT2D eigenvalue weighted by atomic mass is 16.5. The van der Waals surface area contributed by atoms with Crippen molar-refractivity contribution in [3.05, 3.63) is 42.5 Å². The van der Waals surface area contributed by atoms with Crippen molar-refractivity contribution >= 4 is 5.96 Å². The van der Waals surface area contributed by atoms with Gasteiger partial charge >= 0.3 is 0 Å². The van der Waals surface area contributed by atoms with Crippen molar-refractivity contribution in [2.75, 3.05) is 19.8 Å². The second kappa shape index (κ2) is 8.78. The molecule has 0 aliphatic rings. The van der Waals surface area contributed by atoms with Gasteiger partial charge in [0.05, 0.1) is 12.2 Å². The molecule has 7 heteroatoms. The Morgan fingerprint density at radius 3 is 2.86 bits per heavy atom. The van der Waals surface area contributed by atoms with Crippen LogP contribution in [0.25, 0.3) is 5.69 Å². The summed E-state index contributed by atoms with van der Waals surface area (Å²) >= 11 is 0. The lowest BCUT2D eigenvalue weighted by Gasteiger charge is -2.06. The van der Waals surface area contributed by atoms with Crippen molar-refractivity contribution in [2.45, 2.75) is 19.9 Å². The van der Waals surface area contributed by atoms with E-state index in [1.54, 1.807) is 11.0 Å². The van der Waals surface area contributed by atoms with Gasteiger partial charge in [0.15, 0.2) is 5.96 Å². The first kappa shape index (κ1) is 16.0. The van der Waals surface area contributed by atoms with Crippen LogP contribution in [-0.2, 0) is 11.3 Å². The maximum atomic E-state index is 5.82. The minimum Gasteiger partial charge on any atom is -0.382 e. The molecule has 1 aromatic heterocycles. The Labute approximate surface area is 130 Å². The summed E-state index contributed by atoms with van der Waals surface area (Å²) in [4.78, 5) is 8.24. The highest BCUT2D eigenvalue weighted by Crippen LogP contribution is 2.08. The number of nitrogens with two attached hydrogens (primary N) is 1. The summed E-state index contributed by atoms with van der Waals surface area (Å²) in [6.45, 7) is 4.77. The first-order chi connectivity index (χ1) is 10.8. The number of nitrogens with one attached hydrogen (secondary N) is 1. The van der Waals surface area contributed by atoms with Crippen molar-refractivity contribution in [3.63, 3.8) is 0 Å². The number of hydrogen-bond donors (Lipinski definition) is 2. The molecular formula is C15H22N6O. The predicted molar refractivity (Wildman–Crippen MR) is 85.8 cm³/mol. The van der Waals surface area contributed by atoms with Crippen LogP contribution >= 0.6 is 0 Å². The van der Waals surface area contributed by atoms with E-state index >= 15 is 0 Å². The Kier molecular flexibility index (Phi) is 6.38. The molecule has 0 aliphatic carbocycles. The number of ether oxygens (including phenoxy) is 1. The van der Waals surface area contributed by atoms with Crippen molar-refractivity contribution in [1.29, 1.82) is 0 Å². The van der Waals surface area contributed by atoms with Crippen LogP contribution in [-0.4, -0.2) is 40.5 Å². The van der Waals surface area contributed by atoms with Gasteiger partial charge < -0.3 is 15.8 Å². The van der Waals surface area contributed by atoms with Crippen LogP contribution in [0.2, 0.25) is 0 Å². The Balaban J connectivity index is 1.77. The van der Waals surface area contributed by atoms with Gasteiger partial charge in [-0.2, -0.15) is 5.10 Å². The molecule has 0 aliphatic heterocycles. The van der Waals surface area contributed by atoms with Crippen LogP contribution in [0.5, 0.6) is 0 Å². The average molecular weight is 302 g/mol. The summed E-state index contributed by atoms with van der Waals surface area (Å²) in [6, 6.07) is 7.96. The van der Waals surface area contributed by atoms with E-state index in [9.17, 15) is 0 Å². The zero-order chi connectivity index (χ0) is 15.6. The summed E-state index contributed by atoms with van der Waals surface area (Å²) in [5.41, 5.74) is 7.87. The van der Waals surface area contributed by atoms with Gasteiger partial charge in [0.1, 0.15) is 12.7 Å². The molecule has 3 N–H and O–H groups in total. The number of rotatable bonds is 8. The smallest absolute Gasteiger partial charge is 0.188 e. The largest absolute Gasteiger partial charge is 0.382 e. The molecule has 0 unspecified atom stereocenters. The summed E-state index contributed by atoms with van der Waals surface area (Å²) in [7, 11) is 0. The quantitative estimate of drug-likeness (QED) is 0.433. The van der Waals surface area contributed by atoms with E-state index in [0.717, 1.165) is 37.4 Å². The van der Waals surface area contributed by atoms with Crippen molar-refractivity contribution in [1.82, 2.24) is 20.1 Å². The zero-order valence-electron chi connectivity index (χ0n) is 12.8. The molecule has 22 heavy (non-hydrogen) atoms. The molecule has 0 spiro atoms. The van der Waals surface area contributed by atoms with E-state index in [1.807, 2.05) is 31.2 Å². The first-order valence-electron chi connectivity index (χ1n) is 7.35. The molecule has 118 valence electrons. The van der Waals surface area contributed by atoms with Crippen LogP contribution in [0, 0.1) is 0 Å². The molecule has 0 atom stereocenters. The van der Waals surface area contributed by atoms with Crippen LogP contribution < -0.4 is 11.1 Å². The second-order valence-corrected chi connectivity index (χ2v) is 4.69. The fraction of sp³-hybridized carbons (Fsp3) is 0.400. The minimum atomic E-state index is 0.455. The Morgan fingerprint density at radius 2 is 2.18 bits per heavy atom. The standard InChI is InChI=1S/C15H22N6O/c1-2-22-9-3-8-18-15(16)19-10-13-4-6-14(7-5-13)21-12-17-11-20-21/h4-7,11-12H,2-3,8-10H2,1H3,(H3,16,18,19). The summed E-state index contributed by atoms with van der Waals surface area (Å²) < 4.78 is 6.96. The lowest BCUT2D eigenvalue weighted by Crippen LogP contribution is -2.32. The van der Waals surface area contributed by atoms with E-state index < -0.39 is 0 Å². The van der Waals surface area contributed by atoms with Gasteiger partial charge in [-0.1, -0.05) is 12.1 Å². The summed E-state index contributed by atoms with van der Waals surface area (Å²) in [5.74, 6) is 0.455. The molecule has 2 rings (SSSR count). The second-order valence-electron chi connectivity index (χ2n) is 4.69. The molecule has 1 heterocycles. The third kappa shape index (κ3) is 5.17. The van der Waals surface area contributed by atoms with E-state index in [0.29, 0.717) is 12.5 Å². The molecule has 0 saturated heterocycles. The molecule has 0 radical (unpaired) electrons. The third-order valence-electron chi connectivity index (χ3n) is 3.03. The average Bonchev–Trinajstić information content (AvgIpc) is 3.08. The molecule has 0 amide bonds. The van der Waals surface area contributed by atoms with Crippen molar-refractivity contribution in [2.24, 2.45) is 10.7 Å². The van der Waals surface area contributed by atoms with E-state index in [4.69, 9.17) is 10.5 Å². The van der Waals surface area contributed by atoms with Crippen LogP contribution in [0.15, 0.2) is 41.9 Å². The normalized spacial score (nSPS) is 11.6. The number of aromatic nitrogens is 3. The van der Waals surface area contributed by atoms with Gasteiger partial charge in [-0.05, 0) is 31.0 Å². The van der Waals surface area contributed by atoms with Gasteiger partial charge in [-0.15, -0.1) is 0 Å². The van der Waals surface area contributed by atoms with Gasteiger partial charge in [-0.3, -0.25) is 0 Å². The number of aliphatic imine (C=N–C) groups is 1. The number of benzene rings is 1. The molecule has 1 aromatic carbocycles. The van der Waals surface area contributed by atoms with Crippen LogP contribution in [0.1, 0.15) is 18.9 Å². The maximum Gasteiger partial charge on any atom is 0.188 e. The first-order valence-corrected chi connectivity index (χ1v) is 7.35. The number of guanidine groups is 1. The monoisotopic (exact) mass is 302 g/mol. The fourth-order valence-electron chi connectivity index (χ4n) is 1.86. The Bertz CT molecular complexity index is 564. The van der Waals surface area contributed by atoms with Crippen molar-refractivity contribution < 1.29 is 4.74 Å². The van der Waals surface area contributed by atoms with Gasteiger partial charge in [0, 0.05) is 19.8 Å². The molecule has 2 aromatic rings. The summed E-state index contributed by atoms with van der Waals surface area (Å²) in [5, 5.41) is 7.15.